The molecule has 1 aliphatic rings. The van der Waals surface area contributed by atoms with Gasteiger partial charge in [-0.05, 0) is 55.1 Å². The van der Waals surface area contributed by atoms with Crippen molar-refractivity contribution in [2.45, 2.75) is 26.1 Å². The van der Waals surface area contributed by atoms with E-state index in [1.807, 2.05) is 0 Å². The normalized spacial score (nSPS) is 14.4. The van der Waals surface area contributed by atoms with E-state index in [1.165, 1.54) is 12.1 Å². The fraction of sp³-hybridized carbons (Fsp3) is 0.267. The lowest BCUT2D eigenvalue weighted by Gasteiger charge is -2.27. The third kappa shape index (κ3) is 7.57. The van der Waals surface area contributed by atoms with Crippen LogP contribution in [-0.2, 0) is 17.5 Å². The Labute approximate surface area is 235 Å². The van der Waals surface area contributed by atoms with E-state index in [-0.39, 0.29) is 41.4 Å². The molecule has 2 heterocycles. The van der Waals surface area contributed by atoms with Gasteiger partial charge in [0.2, 0.25) is 5.91 Å². The van der Waals surface area contributed by atoms with Gasteiger partial charge in [0.1, 0.15) is 17.2 Å². The summed E-state index contributed by atoms with van der Waals surface area (Å²) in [5.74, 6) is -0.301. The van der Waals surface area contributed by atoms with Crippen LogP contribution in [-0.4, -0.2) is 55.4 Å². The zero-order valence-corrected chi connectivity index (χ0v) is 22.5. The fourth-order valence-electron chi connectivity index (χ4n) is 4.36. The first-order valence-electron chi connectivity index (χ1n) is 13.0. The van der Waals surface area contributed by atoms with Crippen molar-refractivity contribution in [2.75, 3.05) is 26.2 Å². The molecule has 0 spiro atoms. The smallest absolute Gasteiger partial charge is 0.420 e. The van der Waals surface area contributed by atoms with Gasteiger partial charge in [-0.3, -0.25) is 15.0 Å². The predicted molar refractivity (Wildman–Crippen MR) is 152 cm³/mol. The Morgan fingerprint density at radius 2 is 1.83 bits per heavy atom. The molecule has 41 heavy (non-hydrogen) atoms. The highest BCUT2D eigenvalue weighted by Gasteiger charge is 2.35. The summed E-state index contributed by atoms with van der Waals surface area (Å²) in [4.78, 5) is 30.2. The van der Waals surface area contributed by atoms with Crippen LogP contribution in [0.25, 0.3) is 22.1 Å². The number of nitrogens with one attached hydrogen (secondary N) is 3. The van der Waals surface area contributed by atoms with Gasteiger partial charge in [0.05, 0.1) is 12.1 Å². The second kappa shape index (κ2) is 12.8. The molecule has 0 saturated carbocycles. The van der Waals surface area contributed by atoms with Crippen LogP contribution in [0.4, 0.5) is 13.2 Å². The molecule has 1 fully saturated rings. The second-order valence-corrected chi connectivity index (χ2v) is 9.58. The van der Waals surface area contributed by atoms with Crippen molar-refractivity contribution in [1.82, 2.24) is 15.5 Å². The van der Waals surface area contributed by atoms with Crippen LogP contribution >= 0.6 is 0 Å². The zero-order valence-electron chi connectivity index (χ0n) is 22.5. The van der Waals surface area contributed by atoms with E-state index in [2.05, 4.69) is 22.3 Å². The Kier molecular flexibility index (Phi) is 9.18. The molecule has 0 radical (unpaired) electrons. The third-order valence-corrected chi connectivity index (χ3v) is 6.58. The average molecular weight is 566 g/mol. The number of furan rings is 1. The summed E-state index contributed by atoms with van der Waals surface area (Å²) in [7, 11) is 0. The number of amidine groups is 1. The van der Waals surface area contributed by atoms with E-state index in [4.69, 9.17) is 9.83 Å². The Morgan fingerprint density at radius 3 is 2.49 bits per heavy atom. The number of aliphatic imine (C=N–C) groups is 1. The van der Waals surface area contributed by atoms with Crippen LogP contribution in [0.2, 0.25) is 0 Å². The molecule has 0 unspecified atom stereocenters. The number of hydrogen-bond acceptors (Lipinski definition) is 5. The van der Waals surface area contributed by atoms with Gasteiger partial charge < -0.3 is 20.0 Å². The number of carbonyl (C=O) groups excluding carboxylic acids is 2. The molecule has 0 atom stereocenters. The number of amides is 2. The maximum atomic E-state index is 14.0. The molecule has 0 bridgehead atoms. The van der Waals surface area contributed by atoms with Gasteiger partial charge in [-0.1, -0.05) is 29.9 Å². The molecule has 2 amide bonds. The van der Waals surface area contributed by atoms with Crippen molar-refractivity contribution in [3.8, 4) is 11.1 Å². The highest BCUT2D eigenvalue weighted by atomic mass is 19.4. The van der Waals surface area contributed by atoms with Gasteiger partial charge >= 0.3 is 6.18 Å². The Balaban J connectivity index is 1.51. The van der Waals surface area contributed by atoms with Crippen LogP contribution in [0.5, 0.6) is 0 Å². The van der Waals surface area contributed by atoms with Crippen LogP contribution in [0.15, 0.2) is 75.7 Å². The number of benzene rings is 2. The van der Waals surface area contributed by atoms with Crippen molar-refractivity contribution in [1.29, 1.82) is 5.41 Å². The lowest BCUT2D eigenvalue weighted by molar-refractivity contribution is -0.136. The average Bonchev–Trinajstić information content (AvgIpc) is 3.39. The molecule has 1 aliphatic heterocycles. The van der Waals surface area contributed by atoms with E-state index in [0.717, 1.165) is 24.7 Å². The number of alkyl halides is 3. The zero-order chi connectivity index (χ0) is 29.6. The number of fused-ring (bicyclic) bond motifs is 1. The Bertz CT molecular complexity index is 1510. The number of piperazine rings is 1. The monoisotopic (exact) mass is 565 g/mol. The van der Waals surface area contributed by atoms with Crippen molar-refractivity contribution in [3.05, 3.63) is 83.2 Å². The minimum absolute atomic E-state index is 0.103. The highest BCUT2D eigenvalue weighted by Crippen LogP contribution is 2.39. The van der Waals surface area contributed by atoms with Gasteiger partial charge in [-0.2, -0.15) is 13.2 Å². The van der Waals surface area contributed by atoms with E-state index in [9.17, 15) is 22.8 Å². The number of allylic oxidation sites excluding steroid dienone is 2. The Morgan fingerprint density at radius 1 is 1.12 bits per heavy atom. The molecule has 1 saturated heterocycles. The summed E-state index contributed by atoms with van der Waals surface area (Å²) in [5.41, 5.74) is 0.820. The van der Waals surface area contributed by atoms with E-state index in [1.54, 1.807) is 54.3 Å². The first kappa shape index (κ1) is 29.5. The van der Waals surface area contributed by atoms with Gasteiger partial charge in [-0.25, -0.2) is 4.99 Å². The van der Waals surface area contributed by atoms with Gasteiger partial charge in [-0.15, -0.1) is 0 Å². The predicted octanol–water partition coefficient (Wildman–Crippen LogP) is 5.35. The van der Waals surface area contributed by atoms with Crippen molar-refractivity contribution in [3.63, 3.8) is 0 Å². The van der Waals surface area contributed by atoms with Gasteiger partial charge in [0.25, 0.3) is 5.91 Å². The number of rotatable bonds is 8. The van der Waals surface area contributed by atoms with E-state index in [0.29, 0.717) is 29.8 Å². The molecular formula is C30H30F3N5O3. The summed E-state index contributed by atoms with van der Waals surface area (Å²) in [6.07, 6.45) is 0.168. The van der Waals surface area contributed by atoms with Crippen molar-refractivity contribution >= 4 is 35.3 Å². The Hall–Kier alpha value is -4.51. The number of halogens is 3. The molecule has 4 rings (SSSR count). The highest BCUT2D eigenvalue weighted by molar-refractivity contribution is 5.95. The number of nitrogens with zero attached hydrogens (tertiary/aromatic N) is 2. The van der Waals surface area contributed by atoms with Gasteiger partial charge in [0, 0.05) is 49.6 Å². The molecule has 3 N–H and O–H groups in total. The molecule has 0 aliphatic carbocycles. The standard InChI is InChI=1S/C30H30F3N5O3/c1-19(3-9-26(34)35-2)4-10-27(39)37-18-24-16-23-15-22(17-25(28(23)41-24)30(31,32)33)20-5-7-21(8-6-20)29(40)38-13-11-36-12-14-38/h3-8,10,15-17,34,36H,2,9,11-14,18H2,1H3,(H,37,39)/b10-4+,19-3+,34-26?. The van der Waals surface area contributed by atoms with E-state index >= 15 is 0 Å². The molecule has 11 heteroatoms. The van der Waals surface area contributed by atoms with Crippen LogP contribution in [0, 0.1) is 5.41 Å². The van der Waals surface area contributed by atoms with Gasteiger partial charge in [0.15, 0.2) is 0 Å². The summed E-state index contributed by atoms with van der Waals surface area (Å²) in [6.45, 7) is 7.56. The summed E-state index contributed by atoms with van der Waals surface area (Å²) in [6, 6.07) is 10.6. The SMILES string of the molecule is C=NC(=N)C/C=C(C)/C=C/C(=O)NCc1cc2cc(-c3ccc(C(=O)N4CCNCC4)cc3)cc(C(F)(F)F)c2o1. The fourth-order valence-corrected chi connectivity index (χ4v) is 4.36. The van der Waals surface area contributed by atoms with Crippen molar-refractivity contribution < 1.29 is 27.2 Å². The molecule has 3 aromatic rings. The summed E-state index contributed by atoms with van der Waals surface area (Å²) in [5, 5.41) is 13.5. The number of hydrogen-bond donors (Lipinski definition) is 3. The first-order valence-corrected chi connectivity index (χ1v) is 13.0. The number of carbonyl (C=O) groups is 2. The minimum atomic E-state index is -4.67. The van der Waals surface area contributed by atoms with E-state index < -0.39 is 17.6 Å². The molecule has 8 nitrogen and oxygen atoms in total. The quantitative estimate of drug-likeness (QED) is 0.148. The molecule has 2 aromatic carbocycles. The van der Waals surface area contributed by atoms with Crippen molar-refractivity contribution in [2.24, 2.45) is 4.99 Å². The van der Waals surface area contributed by atoms with Crippen LogP contribution in [0.1, 0.15) is 35.0 Å². The van der Waals surface area contributed by atoms with Crippen LogP contribution < -0.4 is 10.6 Å². The topological polar surface area (TPSA) is 111 Å². The maximum Gasteiger partial charge on any atom is 0.420 e. The molecule has 214 valence electrons. The molecule has 1 aromatic heterocycles. The first-order chi connectivity index (χ1) is 19.5. The maximum absolute atomic E-state index is 14.0. The minimum Gasteiger partial charge on any atom is -0.459 e. The third-order valence-electron chi connectivity index (χ3n) is 6.58. The lowest BCUT2D eigenvalue weighted by atomic mass is 9.99. The second-order valence-electron chi connectivity index (χ2n) is 9.58. The summed E-state index contributed by atoms with van der Waals surface area (Å²) < 4.78 is 47.5. The van der Waals surface area contributed by atoms with Crippen LogP contribution in [0.3, 0.4) is 0 Å². The summed E-state index contributed by atoms with van der Waals surface area (Å²) >= 11 is 0. The molecular weight excluding hydrogens is 535 g/mol. The largest absolute Gasteiger partial charge is 0.459 e. The lowest BCUT2D eigenvalue weighted by Crippen LogP contribution is -2.46.